The Morgan fingerprint density at radius 2 is 2.23 bits per heavy atom. The summed E-state index contributed by atoms with van der Waals surface area (Å²) in [6, 6.07) is 5.37. The lowest BCUT2D eigenvalue weighted by Gasteiger charge is -2.17. The van der Waals surface area contributed by atoms with Crippen LogP contribution in [0.2, 0.25) is 0 Å². The molecule has 0 spiro atoms. The minimum Gasteiger partial charge on any atom is -0.508 e. The molecule has 1 aromatic rings. The lowest BCUT2D eigenvalue weighted by atomic mass is 10.1. The van der Waals surface area contributed by atoms with Gasteiger partial charge >= 0.3 is 0 Å². The number of rotatable bonds is 3. The minimum absolute atomic E-state index is 0.318. The molecule has 2 nitrogen and oxygen atoms in total. The average molecular weight is 177 g/mol. The molecule has 0 fully saturated rings. The van der Waals surface area contributed by atoms with Gasteiger partial charge in [0, 0.05) is 12.7 Å². The molecule has 0 unspecified atom stereocenters. The van der Waals surface area contributed by atoms with Crippen molar-refractivity contribution in [2.45, 2.75) is 13.3 Å². The van der Waals surface area contributed by atoms with Crippen LogP contribution in [-0.4, -0.2) is 12.2 Å². The maximum Gasteiger partial charge on any atom is 0.116 e. The molecule has 0 aliphatic carbocycles. The van der Waals surface area contributed by atoms with Crippen LogP contribution < -0.4 is 4.90 Å². The van der Waals surface area contributed by atoms with Gasteiger partial charge < -0.3 is 10.0 Å². The van der Waals surface area contributed by atoms with Crippen molar-refractivity contribution < 1.29 is 5.11 Å². The zero-order valence-electron chi connectivity index (χ0n) is 8.12. The number of nitrogens with zero attached hydrogens (tertiary/aromatic N) is 1. The summed E-state index contributed by atoms with van der Waals surface area (Å²) in [4.78, 5) is 1.94. The molecule has 0 atom stereocenters. The van der Waals surface area contributed by atoms with Crippen LogP contribution in [0.1, 0.15) is 12.5 Å². The number of anilines is 1. The van der Waals surface area contributed by atoms with Crippen LogP contribution in [0.15, 0.2) is 31.0 Å². The van der Waals surface area contributed by atoms with E-state index in [0.29, 0.717) is 5.75 Å². The van der Waals surface area contributed by atoms with Gasteiger partial charge in [0.2, 0.25) is 0 Å². The zero-order valence-corrected chi connectivity index (χ0v) is 8.12. The number of phenolic OH excluding ortho intramolecular Hbond substituents is 1. The highest BCUT2D eigenvalue weighted by atomic mass is 16.3. The first kappa shape index (κ1) is 9.65. The van der Waals surface area contributed by atoms with Crippen LogP contribution in [0.25, 0.3) is 0 Å². The van der Waals surface area contributed by atoms with Gasteiger partial charge in [0.05, 0.1) is 0 Å². The zero-order chi connectivity index (χ0) is 9.84. The number of aryl methyl sites for hydroxylation is 1. The lowest BCUT2D eigenvalue weighted by molar-refractivity contribution is 0.474. The second kappa shape index (κ2) is 3.99. The molecule has 0 saturated carbocycles. The summed E-state index contributed by atoms with van der Waals surface area (Å²) in [5.41, 5.74) is 2.22. The van der Waals surface area contributed by atoms with Crippen LogP contribution in [0.4, 0.5) is 5.69 Å². The fourth-order valence-corrected chi connectivity index (χ4v) is 1.30. The Bertz CT molecular complexity index is 307. The normalized spacial score (nSPS) is 9.69. The second-order valence-corrected chi connectivity index (χ2v) is 2.96. The first-order valence-electron chi connectivity index (χ1n) is 4.36. The molecule has 0 amide bonds. The Balaban J connectivity index is 3.12. The standard InChI is InChI=1S/C11H15NO/c1-4-9-8-10(13)6-7-11(9)12(3)5-2/h5-8,13H,2,4H2,1,3H3. The summed E-state index contributed by atoms with van der Waals surface area (Å²) >= 11 is 0. The Labute approximate surface area is 79.1 Å². The molecule has 0 saturated heterocycles. The Hall–Kier alpha value is -1.44. The fraction of sp³-hybridized carbons (Fsp3) is 0.273. The Morgan fingerprint density at radius 1 is 1.54 bits per heavy atom. The van der Waals surface area contributed by atoms with E-state index in [9.17, 15) is 5.11 Å². The van der Waals surface area contributed by atoms with E-state index in [1.807, 2.05) is 18.0 Å². The van der Waals surface area contributed by atoms with Gasteiger partial charge in [0.25, 0.3) is 0 Å². The predicted molar refractivity (Wildman–Crippen MR) is 56.1 cm³/mol. The van der Waals surface area contributed by atoms with Crippen LogP contribution in [0, 0.1) is 0 Å². The summed E-state index contributed by atoms with van der Waals surface area (Å²) < 4.78 is 0. The molecular formula is C11H15NO. The number of phenols is 1. The molecule has 0 aliphatic heterocycles. The second-order valence-electron chi connectivity index (χ2n) is 2.96. The summed E-state index contributed by atoms with van der Waals surface area (Å²) in [6.07, 6.45) is 2.66. The van der Waals surface area contributed by atoms with E-state index in [0.717, 1.165) is 17.7 Å². The van der Waals surface area contributed by atoms with Crippen molar-refractivity contribution in [2.24, 2.45) is 0 Å². The highest BCUT2D eigenvalue weighted by molar-refractivity contribution is 5.57. The molecule has 2 heteroatoms. The number of hydrogen-bond acceptors (Lipinski definition) is 2. The van der Waals surface area contributed by atoms with E-state index in [-0.39, 0.29) is 0 Å². The SMILES string of the molecule is C=CN(C)c1ccc(O)cc1CC. The third-order valence-electron chi connectivity index (χ3n) is 2.10. The van der Waals surface area contributed by atoms with E-state index in [4.69, 9.17) is 0 Å². The molecule has 0 aromatic heterocycles. The average Bonchev–Trinajstić information content (AvgIpc) is 2.16. The summed E-state index contributed by atoms with van der Waals surface area (Å²) in [5, 5.41) is 9.28. The van der Waals surface area contributed by atoms with Crippen LogP contribution in [0.3, 0.4) is 0 Å². The molecule has 13 heavy (non-hydrogen) atoms. The van der Waals surface area contributed by atoms with E-state index in [1.165, 1.54) is 0 Å². The van der Waals surface area contributed by atoms with Gasteiger partial charge in [-0.25, -0.2) is 0 Å². The maximum absolute atomic E-state index is 9.28. The third kappa shape index (κ3) is 2.02. The molecule has 1 aromatic carbocycles. The first-order chi connectivity index (χ1) is 6.19. The van der Waals surface area contributed by atoms with Crippen LogP contribution in [-0.2, 0) is 6.42 Å². The van der Waals surface area contributed by atoms with Gasteiger partial charge in [-0.1, -0.05) is 13.5 Å². The van der Waals surface area contributed by atoms with Crippen molar-refractivity contribution in [3.63, 3.8) is 0 Å². The summed E-state index contributed by atoms with van der Waals surface area (Å²) in [5.74, 6) is 0.318. The van der Waals surface area contributed by atoms with E-state index >= 15 is 0 Å². The van der Waals surface area contributed by atoms with E-state index in [2.05, 4.69) is 13.5 Å². The molecule has 0 heterocycles. The molecule has 70 valence electrons. The van der Waals surface area contributed by atoms with Crippen molar-refractivity contribution in [3.8, 4) is 5.75 Å². The van der Waals surface area contributed by atoms with Gasteiger partial charge in [-0.2, -0.15) is 0 Å². The van der Waals surface area contributed by atoms with Crippen molar-refractivity contribution >= 4 is 5.69 Å². The van der Waals surface area contributed by atoms with E-state index in [1.54, 1.807) is 18.3 Å². The molecule has 0 radical (unpaired) electrons. The van der Waals surface area contributed by atoms with Gasteiger partial charge in [-0.05, 0) is 36.4 Å². The van der Waals surface area contributed by atoms with Crippen LogP contribution in [0.5, 0.6) is 5.75 Å². The highest BCUT2D eigenvalue weighted by Gasteiger charge is 2.03. The molecule has 0 bridgehead atoms. The smallest absolute Gasteiger partial charge is 0.116 e. The number of aromatic hydroxyl groups is 1. The summed E-state index contributed by atoms with van der Waals surface area (Å²) in [6.45, 7) is 5.76. The van der Waals surface area contributed by atoms with E-state index < -0.39 is 0 Å². The topological polar surface area (TPSA) is 23.5 Å². The number of benzene rings is 1. The van der Waals surface area contributed by atoms with Crippen LogP contribution >= 0.6 is 0 Å². The predicted octanol–water partition coefficient (Wildman–Crippen LogP) is 2.53. The Kier molecular flexibility index (Phi) is 2.96. The molecular weight excluding hydrogens is 162 g/mol. The Morgan fingerprint density at radius 3 is 2.77 bits per heavy atom. The summed E-state index contributed by atoms with van der Waals surface area (Å²) in [7, 11) is 1.94. The van der Waals surface area contributed by atoms with Gasteiger partial charge in [-0.3, -0.25) is 0 Å². The van der Waals surface area contributed by atoms with Gasteiger partial charge in [-0.15, -0.1) is 0 Å². The molecule has 0 aliphatic rings. The van der Waals surface area contributed by atoms with Crippen molar-refractivity contribution in [1.29, 1.82) is 0 Å². The highest BCUT2D eigenvalue weighted by Crippen LogP contribution is 2.24. The lowest BCUT2D eigenvalue weighted by Crippen LogP contribution is -2.09. The quantitative estimate of drug-likeness (QED) is 0.767. The minimum atomic E-state index is 0.318. The number of hydrogen-bond donors (Lipinski definition) is 1. The van der Waals surface area contributed by atoms with Gasteiger partial charge in [0.15, 0.2) is 0 Å². The maximum atomic E-state index is 9.28. The fourth-order valence-electron chi connectivity index (χ4n) is 1.30. The first-order valence-corrected chi connectivity index (χ1v) is 4.36. The molecule has 1 rings (SSSR count). The van der Waals surface area contributed by atoms with Crippen molar-refractivity contribution in [1.82, 2.24) is 0 Å². The monoisotopic (exact) mass is 177 g/mol. The van der Waals surface area contributed by atoms with Gasteiger partial charge in [0.1, 0.15) is 5.75 Å². The van der Waals surface area contributed by atoms with Crippen molar-refractivity contribution in [3.05, 3.63) is 36.5 Å². The molecule has 1 N–H and O–H groups in total. The largest absolute Gasteiger partial charge is 0.508 e. The van der Waals surface area contributed by atoms with Crippen molar-refractivity contribution in [2.75, 3.05) is 11.9 Å². The third-order valence-corrected chi connectivity index (χ3v) is 2.10.